The van der Waals surface area contributed by atoms with Crippen LogP contribution in [0.1, 0.15) is 12.8 Å². The van der Waals surface area contributed by atoms with Crippen molar-refractivity contribution in [3.05, 3.63) is 54.1 Å². The number of amides is 1. The van der Waals surface area contributed by atoms with Gasteiger partial charge in [-0.2, -0.15) is 0 Å². The predicted octanol–water partition coefficient (Wildman–Crippen LogP) is 4.17. The molecule has 4 rings (SSSR count). The zero-order valence-corrected chi connectivity index (χ0v) is 15.8. The van der Waals surface area contributed by atoms with Crippen LogP contribution in [0.3, 0.4) is 0 Å². The maximum absolute atomic E-state index is 13.5. The molecular weight excluding hydrogens is 386 g/mol. The van der Waals surface area contributed by atoms with Gasteiger partial charge in [-0.1, -0.05) is 11.3 Å². The third-order valence-electron chi connectivity index (χ3n) is 4.46. The molecule has 1 atom stereocenters. The van der Waals surface area contributed by atoms with Crippen LogP contribution in [0.25, 0.3) is 10.2 Å². The lowest BCUT2D eigenvalue weighted by Gasteiger charge is -2.23. The van der Waals surface area contributed by atoms with Crippen LogP contribution in [-0.4, -0.2) is 36.8 Å². The maximum atomic E-state index is 13.5. The first-order chi connectivity index (χ1) is 13.6. The number of hydrogen-bond acceptors (Lipinski definition) is 5. The second kappa shape index (κ2) is 8.20. The van der Waals surface area contributed by atoms with Crippen LogP contribution in [0.2, 0.25) is 0 Å². The topological polar surface area (TPSA) is 51.7 Å². The van der Waals surface area contributed by atoms with Crippen LogP contribution in [0.5, 0.6) is 5.75 Å². The fraction of sp³-hybridized carbons (Fsp3) is 0.300. The van der Waals surface area contributed by atoms with Crippen molar-refractivity contribution in [1.82, 2.24) is 4.98 Å². The van der Waals surface area contributed by atoms with Crippen molar-refractivity contribution in [3.63, 3.8) is 0 Å². The standard InChI is InChI=1S/C20H18F2N2O3S/c21-13-3-6-15(7-4-13)27-12-19(25)24(11-16-2-1-9-26-16)20-23-17-8-5-14(22)10-18(17)28-20/h3-8,10,16H,1-2,9,11-12H2. The summed E-state index contributed by atoms with van der Waals surface area (Å²) in [7, 11) is 0. The third kappa shape index (κ3) is 4.28. The average Bonchev–Trinajstić information content (AvgIpc) is 3.34. The number of anilines is 1. The van der Waals surface area contributed by atoms with Crippen LogP contribution < -0.4 is 9.64 Å². The molecule has 28 heavy (non-hydrogen) atoms. The Bertz CT molecular complexity index is 971. The minimum absolute atomic E-state index is 0.0708. The van der Waals surface area contributed by atoms with Gasteiger partial charge in [-0.3, -0.25) is 9.69 Å². The Morgan fingerprint density at radius 2 is 2.00 bits per heavy atom. The number of rotatable bonds is 6. The number of ether oxygens (including phenoxy) is 2. The highest BCUT2D eigenvalue weighted by Gasteiger charge is 2.26. The second-order valence-corrected chi connectivity index (χ2v) is 7.50. The van der Waals surface area contributed by atoms with Crippen LogP contribution in [0.15, 0.2) is 42.5 Å². The number of halogens is 2. The van der Waals surface area contributed by atoms with Gasteiger partial charge in [0.2, 0.25) is 0 Å². The Labute approximate surface area is 164 Å². The summed E-state index contributed by atoms with van der Waals surface area (Å²) < 4.78 is 38.3. The molecule has 1 aliphatic heterocycles. The van der Waals surface area contributed by atoms with Crippen molar-refractivity contribution < 1.29 is 23.0 Å². The van der Waals surface area contributed by atoms with E-state index in [0.717, 1.165) is 12.8 Å². The molecular formula is C20H18F2N2O3S. The van der Waals surface area contributed by atoms with Gasteiger partial charge >= 0.3 is 0 Å². The minimum atomic E-state index is -0.375. The SMILES string of the molecule is O=C(COc1ccc(F)cc1)N(CC1CCCO1)c1nc2ccc(F)cc2s1. The van der Waals surface area contributed by atoms with Crippen LogP contribution >= 0.6 is 11.3 Å². The Kier molecular flexibility index (Phi) is 5.50. The van der Waals surface area contributed by atoms with E-state index in [1.807, 2.05) is 0 Å². The summed E-state index contributed by atoms with van der Waals surface area (Å²) in [6, 6.07) is 9.81. The maximum Gasteiger partial charge on any atom is 0.266 e. The van der Waals surface area contributed by atoms with E-state index in [1.165, 1.54) is 52.6 Å². The van der Waals surface area contributed by atoms with E-state index in [2.05, 4.69) is 4.98 Å². The van der Waals surface area contributed by atoms with E-state index in [9.17, 15) is 13.6 Å². The van der Waals surface area contributed by atoms with Crippen molar-refractivity contribution >= 4 is 32.6 Å². The van der Waals surface area contributed by atoms with Gasteiger partial charge in [-0.05, 0) is 55.3 Å². The Balaban J connectivity index is 1.54. The summed E-state index contributed by atoms with van der Waals surface area (Å²) in [4.78, 5) is 18.9. The number of aromatic nitrogens is 1. The number of hydrogen-bond donors (Lipinski definition) is 0. The predicted molar refractivity (Wildman–Crippen MR) is 103 cm³/mol. The van der Waals surface area contributed by atoms with Crippen LogP contribution in [0, 0.1) is 11.6 Å². The molecule has 1 unspecified atom stereocenters. The molecule has 2 heterocycles. The third-order valence-corrected chi connectivity index (χ3v) is 5.50. The number of carbonyl (C=O) groups excluding carboxylic acids is 1. The van der Waals surface area contributed by atoms with Gasteiger partial charge in [-0.25, -0.2) is 13.8 Å². The highest BCUT2D eigenvalue weighted by atomic mass is 32.1. The minimum Gasteiger partial charge on any atom is -0.484 e. The summed E-state index contributed by atoms with van der Waals surface area (Å²) >= 11 is 1.25. The number of thiazole rings is 1. The molecule has 3 aromatic rings. The van der Waals surface area contributed by atoms with E-state index >= 15 is 0 Å². The molecule has 146 valence electrons. The first-order valence-corrected chi connectivity index (χ1v) is 9.76. The smallest absolute Gasteiger partial charge is 0.266 e. The fourth-order valence-corrected chi connectivity index (χ4v) is 4.05. The zero-order valence-electron chi connectivity index (χ0n) is 14.9. The number of carbonyl (C=O) groups is 1. The fourth-order valence-electron chi connectivity index (χ4n) is 3.03. The second-order valence-electron chi connectivity index (χ2n) is 6.49. The van der Waals surface area contributed by atoms with Crippen LogP contribution in [0.4, 0.5) is 13.9 Å². The molecule has 0 aliphatic carbocycles. The van der Waals surface area contributed by atoms with Gasteiger partial charge in [0.05, 0.1) is 22.9 Å². The lowest BCUT2D eigenvalue weighted by Crippen LogP contribution is -2.40. The Morgan fingerprint density at radius 3 is 2.75 bits per heavy atom. The van der Waals surface area contributed by atoms with Gasteiger partial charge < -0.3 is 9.47 Å². The summed E-state index contributed by atoms with van der Waals surface area (Å²) in [5.74, 6) is -0.614. The molecule has 1 fully saturated rings. The highest BCUT2D eigenvalue weighted by Crippen LogP contribution is 2.30. The highest BCUT2D eigenvalue weighted by molar-refractivity contribution is 7.22. The largest absolute Gasteiger partial charge is 0.484 e. The molecule has 1 aromatic heterocycles. The van der Waals surface area contributed by atoms with Crippen molar-refractivity contribution in [2.75, 3.05) is 24.7 Å². The van der Waals surface area contributed by atoms with Gasteiger partial charge in [0.1, 0.15) is 17.4 Å². The van der Waals surface area contributed by atoms with Crippen LogP contribution in [-0.2, 0) is 9.53 Å². The number of benzene rings is 2. The molecule has 2 aromatic carbocycles. The van der Waals surface area contributed by atoms with Gasteiger partial charge in [0.25, 0.3) is 5.91 Å². The molecule has 0 N–H and O–H groups in total. The lowest BCUT2D eigenvalue weighted by atomic mass is 10.2. The monoisotopic (exact) mass is 404 g/mol. The van der Waals surface area contributed by atoms with Crippen molar-refractivity contribution in [2.45, 2.75) is 18.9 Å². The first kappa shape index (κ1) is 18.8. The van der Waals surface area contributed by atoms with E-state index in [-0.39, 0.29) is 30.3 Å². The van der Waals surface area contributed by atoms with Gasteiger partial charge in [0.15, 0.2) is 11.7 Å². The summed E-state index contributed by atoms with van der Waals surface area (Å²) in [5, 5.41) is 0.476. The Hall–Kier alpha value is -2.58. The first-order valence-electron chi connectivity index (χ1n) is 8.95. The molecule has 0 saturated carbocycles. The summed E-state index contributed by atoms with van der Waals surface area (Å²) in [6.07, 6.45) is 1.74. The van der Waals surface area contributed by atoms with E-state index in [4.69, 9.17) is 9.47 Å². The summed E-state index contributed by atoms with van der Waals surface area (Å²) in [6.45, 7) is 0.806. The molecule has 8 heteroatoms. The molecule has 0 radical (unpaired) electrons. The van der Waals surface area contributed by atoms with E-state index in [0.29, 0.717) is 34.2 Å². The van der Waals surface area contributed by atoms with Crippen molar-refractivity contribution in [3.8, 4) is 5.75 Å². The normalized spacial score (nSPS) is 16.4. The molecule has 1 amide bonds. The van der Waals surface area contributed by atoms with E-state index in [1.54, 1.807) is 6.07 Å². The average molecular weight is 404 g/mol. The molecule has 1 aliphatic rings. The number of fused-ring (bicyclic) bond motifs is 1. The molecule has 0 bridgehead atoms. The molecule has 5 nitrogen and oxygen atoms in total. The Morgan fingerprint density at radius 1 is 1.21 bits per heavy atom. The van der Waals surface area contributed by atoms with Crippen molar-refractivity contribution in [2.24, 2.45) is 0 Å². The lowest BCUT2D eigenvalue weighted by molar-refractivity contribution is -0.120. The van der Waals surface area contributed by atoms with Crippen molar-refractivity contribution in [1.29, 1.82) is 0 Å². The quantitative estimate of drug-likeness (QED) is 0.619. The van der Waals surface area contributed by atoms with E-state index < -0.39 is 0 Å². The van der Waals surface area contributed by atoms with Gasteiger partial charge in [-0.15, -0.1) is 0 Å². The number of nitrogens with zero attached hydrogens (tertiary/aromatic N) is 2. The molecule has 0 spiro atoms. The zero-order chi connectivity index (χ0) is 19.5. The molecule has 1 saturated heterocycles. The van der Waals surface area contributed by atoms with Gasteiger partial charge in [0, 0.05) is 6.61 Å². The summed E-state index contributed by atoms with van der Waals surface area (Å²) in [5.41, 5.74) is 0.631.